The summed E-state index contributed by atoms with van der Waals surface area (Å²) in [6.07, 6.45) is 6.48. The van der Waals surface area contributed by atoms with Crippen LogP contribution in [0, 0.1) is 0 Å². The highest BCUT2D eigenvalue weighted by atomic mass is 16.3. The number of H-pyrrole nitrogens is 1. The van der Waals surface area contributed by atoms with E-state index < -0.39 is 6.10 Å². The van der Waals surface area contributed by atoms with E-state index in [1.165, 1.54) is 5.56 Å². The number of nitrogens with zero attached hydrogens (tertiary/aromatic N) is 3. The zero-order valence-electron chi connectivity index (χ0n) is 12.9. The van der Waals surface area contributed by atoms with Crippen LogP contribution in [0.4, 0.5) is 0 Å². The molecule has 1 saturated carbocycles. The molecule has 22 heavy (non-hydrogen) atoms. The number of aliphatic hydroxyl groups excluding tert-OH is 1. The highest BCUT2D eigenvalue weighted by Crippen LogP contribution is 2.18. The number of carbonyl (C=O) groups excluding carboxylic acids is 1. The van der Waals surface area contributed by atoms with Gasteiger partial charge in [0.25, 0.3) is 0 Å². The van der Waals surface area contributed by atoms with Crippen LogP contribution in [0.2, 0.25) is 0 Å². The van der Waals surface area contributed by atoms with Crippen LogP contribution in [-0.2, 0) is 11.2 Å². The van der Waals surface area contributed by atoms with Crippen molar-refractivity contribution < 1.29 is 9.90 Å². The van der Waals surface area contributed by atoms with Crippen molar-refractivity contribution in [3.8, 4) is 0 Å². The number of aromatic nitrogens is 2. The molecule has 122 valence electrons. The van der Waals surface area contributed by atoms with Gasteiger partial charge in [0.2, 0.25) is 5.91 Å². The van der Waals surface area contributed by atoms with E-state index in [-0.39, 0.29) is 5.91 Å². The molecule has 3 rings (SSSR count). The summed E-state index contributed by atoms with van der Waals surface area (Å²) < 4.78 is 0. The predicted octanol–water partition coefficient (Wildman–Crippen LogP) is -0.791. The number of aliphatic hydroxyl groups is 1. The van der Waals surface area contributed by atoms with Crippen LogP contribution in [0.15, 0.2) is 12.4 Å². The molecule has 0 aromatic carbocycles. The number of amides is 1. The molecule has 2 aliphatic rings. The SMILES string of the molecule is O=C(CN1CCN(CCc2cn[nH]c2)C[C@H](O)C1)NC1CC1. The van der Waals surface area contributed by atoms with Crippen molar-refractivity contribution in [3.05, 3.63) is 18.0 Å². The van der Waals surface area contributed by atoms with Crippen LogP contribution >= 0.6 is 0 Å². The summed E-state index contributed by atoms with van der Waals surface area (Å²) in [5.41, 5.74) is 1.18. The van der Waals surface area contributed by atoms with E-state index >= 15 is 0 Å². The molecule has 0 radical (unpaired) electrons. The molecule has 7 nitrogen and oxygen atoms in total. The molecule has 0 bridgehead atoms. The van der Waals surface area contributed by atoms with Gasteiger partial charge in [-0.25, -0.2) is 0 Å². The molecular formula is C15H25N5O2. The second-order valence-corrected chi connectivity index (χ2v) is 6.39. The third kappa shape index (κ3) is 4.79. The van der Waals surface area contributed by atoms with Crippen molar-refractivity contribution in [1.82, 2.24) is 25.3 Å². The maximum Gasteiger partial charge on any atom is 0.234 e. The second-order valence-electron chi connectivity index (χ2n) is 6.39. The summed E-state index contributed by atoms with van der Waals surface area (Å²) >= 11 is 0. The van der Waals surface area contributed by atoms with E-state index in [0.29, 0.717) is 25.7 Å². The second kappa shape index (κ2) is 7.21. The molecule has 1 amide bonds. The fourth-order valence-corrected chi connectivity index (χ4v) is 2.87. The van der Waals surface area contributed by atoms with Gasteiger partial charge in [0.1, 0.15) is 0 Å². The van der Waals surface area contributed by atoms with Crippen molar-refractivity contribution in [2.24, 2.45) is 0 Å². The first-order valence-corrected chi connectivity index (χ1v) is 8.09. The first-order chi connectivity index (χ1) is 10.7. The molecule has 1 saturated heterocycles. The summed E-state index contributed by atoms with van der Waals surface area (Å²) in [6.45, 7) is 4.23. The highest BCUT2D eigenvalue weighted by Gasteiger charge is 2.26. The van der Waals surface area contributed by atoms with E-state index in [4.69, 9.17) is 0 Å². The number of hydrogen-bond donors (Lipinski definition) is 3. The minimum Gasteiger partial charge on any atom is -0.390 e. The van der Waals surface area contributed by atoms with Gasteiger partial charge in [-0.05, 0) is 24.8 Å². The Morgan fingerprint density at radius 1 is 1.36 bits per heavy atom. The van der Waals surface area contributed by atoms with Gasteiger partial charge >= 0.3 is 0 Å². The molecule has 0 unspecified atom stereocenters. The average Bonchev–Trinajstić information content (AvgIpc) is 3.16. The normalized spacial score (nSPS) is 24.1. The molecule has 1 aromatic heterocycles. The summed E-state index contributed by atoms with van der Waals surface area (Å²) in [5.74, 6) is 0.0848. The van der Waals surface area contributed by atoms with Gasteiger partial charge < -0.3 is 10.4 Å². The van der Waals surface area contributed by atoms with Crippen molar-refractivity contribution in [2.45, 2.75) is 31.4 Å². The minimum absolute atomic E-state index is 0.0848. The van der Waals surface area contributed by atoms with E-state index in [9.17, 15) is 9.90 Å². The van der Waals surface area contributed by atoms with Gasteiger partial charge in [0.15, 0.2) is 0 Å². The molecule has 1 aliphatic carbocycles. The van der Waals surface area contributed by atoms with Gasteiger partial charge in [0, 0.05) is 45.0 Å². The molecular weight excluding hydrogens is 282 g/mol. The standard InChI is InChI=1S/C15H25N5O2/c21-14-9-19(4-3-12-7-16-17-8-12)5-6-20(10-14)11-15(22)18-13-1-2-13/h7-8,13-14,21H,1-6,9-11H2,(H,16,17)(H,18,22)/t14-/m0/s1. The van der Waals surface area contributed by atoms with Crippen molar-refractivity contribution in [2.75, 3.05) is 39.3 Å². The Morgan fingerprint density at radius 2 is 2.14 bits per heavy atom. The van der Waals surface area contributed by atoms with Gasteiger partial charge in [-0.1, -0.05) is 0 Å². The molecule has 0 spiro atoms. The Kier molecular flexibility index (Phi) is 5.07. The Hall–Kier alpha value is -1.44. The quantitative estimate of drug-likeness (QED) is 0.641. The molecule has 7 heteroatoms. The zero-order valence-corrected chi connectivity index (χ0v) is 12.9. The maximum absolute atomic E-state index is 11.9. The van der Waals surface area contributed by atoms with Crippen LogP contribution in [0.5, 0.6) is 0 Å². The number of nitrogens with one attached hydrogen (secondary N) is 2. The fraction of sp³-hybridized carbons (Fsp3) is 0.733. The fourth-order valence-electron chi connectivity index (χ4n) is 2.87. The van der Waals surface area contributed by atoms with Gasteiger partial charge in [-0.15, -0.1) is 0 Å². The van der Waals surface area contributed by atoms with E-state index in [0.717, 1.165) is 38.9 Å². The van der Waals surface area contributed by atoms with Crippen molar-refractivity contribution in [1.29, 1.82) is 0 Å². The Labute approximate surface area is 130 Å². The minimum atomic E-state index is -0.402. The monoisotopic (exact) mass is 307 g/mol. The third-order valence-corrected chi connectivity index (χ3v) is 4.25. The number of β-amino-alcohol motifs (C(OH)–C–C–N with tert-alkyl or cyclic N) is 1. The maximum atomic E-state index is 11.9. The Bertz CT molecular complexity index is 474. The van der Waals surface area contributed by atoms with Gasteiger partial charge in [-0.3, -0.25) is 19.7 Å². The molecule has 1 aliphatic heterocycles. The Balaban J connectivity index is 1.43. The average molecular weight is 307 g/mol. The van der Waals surface area contributed by atoms with Crippen molar-refractivity contribution in [3.63, 3.8) is 0 Å². The summed E-state index contributed by atoms with van der Waals surface area (Å²) in [6, 6.07) is 0.399. The van der Waals surface area contributed by atoms with E-state index in [1.54, 1.807) is 0 Å². The topological polar surface area (TPSA) is 84.5 Å². The first kappa shape index (κ1) is 15.5. The van der Waals surface area contributed by atoms with Crippen LogP contribution in [0.25, 0.3) is 0 Å². The lowest BCUT2D eigenvalue weighted by Gasteiger charge is -2.21. The molecule has 3 N–H and O–H groups in total. The van der Waals surface area contributed by atoms with E-state index in [1.807, 2.05) is 12.4 Å². The zero-order chi connectivity index (χ0) is 15.4. The molecule has 2 heterocycles. The van der Waals surface area contributed by atoms with Gasteiger partial charge in [0.05, 0.1) is 18.8 Å². The van der Waals surface area contributed by atoms with Crippen LogP contribution < -0.4 is 5.32 Å². The molecule has 1 aromatic rings. The number of rotatable bonds is 6. The third-order valence-electron chi connectivity index (χ3n) is 4.25. The lowest BCUT2D eigenvalue weighted by molar-refractivity contribution is -0.122. The lowest BCUT2D eigenvalue weighted by Crippen LogP contribution is -2.41. The van der Waals surface area contributed by atoms with Gasteiger partial charge in [-0.2, -0.15) is 5.10 Å². The Morgan fingerprint density at radius 3 is 2.86 bits per heavy atom. The summed E-state index contributed by atoms with van der Waals surface area (Å²) in [4.78, 5) is 16.2. The smallest absolute Gasteiger partial charge is 0.234 e. The van der Waals surface area contributed by atoms with Crippen molar-refractivity contribution >= 4 is 5.91 Å². The number of carbonyl (C=O) groups is 1. The van der Waals surface area contributed by atoms with Crippen LogP contribution in [0.3, 0.4) is 0 Å². The van der Waals surface area contributed by atoms with E-state index in [2.05, 4.69) is 25.3 Å². The van der Waals surface area contributed by atoms with Crippen LogP contribution in [0.1, 0.15) is 18.4 Å². The first-order valence-electron chi connectivity index (χ1n) is 8.09. The summed E-state index contributed by atoms with van der Waals surface area (Å²) in [7, 11) is 0. The highest BCUT2D eigenvalue weighted by molar-refractivity contribution is 5.78. The predicted molar refractivity (Wildman–Crippen MR) is 82.3 cm³/mol. The molecule has 1 atom stereocenters. The number of aromatic amines is 1. The largest absolute Gasteiger partial charge is 0.390 e. The lowest BCUT2D eigenvalue weighted by atomic mass is 10.2. The number of hydrogen-bond acceptors (Lipinski definition) is 5. The summed E-state index contributed by atoms with van der Waals surface area (Å²) in [5, 5.41) is 19.9. The van der Waals surface area contributed by atoms with Crippen LogP contribution in [-0.4, -0.2) is 82.4 Å². The molecule has 2 fully saturated rings.